The third-order valence-corrected chi connectivity index (χ3v) is 8.05. The highest BCUT2D eigenvalue weighted by atomic mass is 32.2. The predicted octanol–water partition coefficient (Wildman–Crippen LogP) is 5.37. The molecule has 0 saturated carbocycles. The van der Waals surface area contributed by atoms with Crippen LogP contribution in [0, 0.1) is 13.8 Å². The Kier molecular flexibility index (Phi) is 10.2. The van der Waals surface area contributed by atoms with Gasteiger partial charge in [-0.1, -0.05) is 36.4 Å². The van der Waals surface area contributed by atoms with E-state index >= 15 is 0 Å². The predicted molar refractivity (Wildman–Crippen MR) is 155 cm³/mol. The molecule has 204 valence electrons. The Morgan fingerprint density at radius 2 is 1.63 bits per heavy atom. The molecular weight excluding hydrogens is 498 g/mol. The Morgan fingerprint density at radius 3 is 2.24 bits per heavy atom. The number of nitrogens with one attached hydrogen (secondary N) is 2. The van der Waals surface area contributed by atoms with Crippen molar-refractivity contribution in [3.63, 3.8) is 0 Å². The smallest absolute Gasteiger partial charge is 0.256 e. The number of carbonyl (C=O) groups excluding carboxylic acids is 2. The molecule has 1 heterocycles. The van der Waals surface area contributed by atoms with E-state index in [0.29, 0.717) is 23.5 Å². The van der Waals surface area contributed by atoms with Crippen LogP contribution in [0.15, 0.2) is 59.5 Å². The fraction of sp³-hybridized carbons (Fsp3) is 0.400. The molecule has 2 N–H and O–H groups in total. The second kappa shape index (κ2) is 13.1. The van der Waals surface area contributed by atoms with Crippen LogP contribution in [0.1, 0.15) is 55.1 Å². The van der Waals surface area contributed by atoms with Crippen molar-refractivity contribution in [2.75, 3.05) is 25.5 Å². The Morgan fingerprint density at radius 1 is 1.00 bits per heavy atom. The van der Waals surface area contributed by atoms with Gasteiger partial charge in [0.15, 0.2) is 0 Å². The van der Waals surface area contributed by atoms with Gasteiger partial charge < -0.3 is 15.0 Å². The molecule has 8 heteroatoms. The van der Waals surface area contributed by atoms with Crippen LogP contribution in [0.25, 0.3) is 10.8 Å². The Hall–Kier alpha value is -3.07. The Bertz CT molecular complexity index is 1290. The van der Waals surface area contributed by atoms with Gasteiger partial charge >= 0.3 is 0 Å². The number of aryl methyl sites for hydroxylation is 1. The van der Waals surface area contributed by atoms with Crippen molar-refractivity contribution in [2.45, 2.75) is 64.0 Å². The molecule has 1 aliphatic heterocycles. The second-order valence-corrected chi connectivity index (χ2v) is 11.7. The molecule has 3 aromatic carbocycles. The van der Waals surface area contributed by atoms with Gasteiger partial charge in [-0.05, 0) is 87.6 Å². The number of ether oxygens (including phenoxy) is 1. The van der Waals surface area contributed by atoms with Crippen LogP contribution in [-0.4, -0.2) is 53.3 Å². The molecule has 2 amide bonds. The lowest BCUT2D eigenvalue weighted by atomic mass is 10.0. The summed E-state index contributed by atoms with van der Waals surface area (Å²) in [5.74, 6) is -0.193. The molecule has 0 spiro atoms. The molecule has 1 unspecified atom stereocenters. The lowest BCUT2D eigenvalue weighted by Gasteiger charge is -2.29. The first-order chi connectivity index (χ1) is 18.0. The Balaban J connectivity index is 0.000000599. The summed E-state index contributed by atoms with van der Waals surface area (Å²) < 4.78 is 21.3. The van der Waals surface area contributed by atoms with Gasteiger partial charge in [-0.25, -0.2) is 8.93 Å². The average Bonchev–Trinajstić information content (AvgIpc) is 2.91. The zero-order valence-electron chi connectivity index (χ0n) is 23.2. The van der Waals surface area contributed by atoms with Gasteiger partial charge in [0.1, 0.15) is 11.0 Å². The van der Waals surface area contributed by atoms with Gasteiger partial charge in [-0.15, -0.1) is 0 Å². The van der Waals surface area contributed by atoms with Gasteiger partial charge in [0.2, 0.25) is 6.41 Å². The summed E-state index contributed by atoms with van der Waals surface area (Å²) in [6, 6.07) is 17.0. The van der Waals surface area contributed by atoms with Crippen molar-refractivity contribution in [1.29, 1.82) is 0 Å². The highest BCUT2D eigenvalue weighted by Crippen LogP contribution is 2.27. The molecule has 3 aromatic rings. The second-order valence-electron chi connectivity index (χ2n) is 10.5. The molecule has 0 bridgehead atoms. The number of carbonyl (C=O) groups is 2. The van der Waals surface area contributed by atoms with Crippen molar-refractivity contribution in [3.05, 3.63) is 71.3 Å². The monoisotopic (exact) mass is 537 g/mol. The minimum Gasteiger partial charge on any atom is -0.379 e. The van der Waals surface area contributed by atoms with Crippen molar-refractivity contribution >= 4 is 39.8 Å². The summed E-state index contributed by atoms with van der Waals surface area (Å²) in [7, 11) is 0.285. The minimum absolute atomic E-state index is 0.0417. The van der Waals surface area contributed by atoms with Crippen LogP contribution < -0.4 is 10.0 Å². The number of benzene rings is 3. The SMILES string of the molecule is COC(C)(C)C.Cc1cccc(NC(=O)c2ccc(S(=O)NC3CCN(C=O)CC3)c3ccccc23)c1C. The van der Waals surface area contributed by atoms with Gasteiger partial charge in [0, 0.05) is 37.5 Å². The third-order valence-electron chi connectivity index (χ3n) is 6.75. The number of amides is 2. The maximum atomic E-state index is 13.1. The summed E-state index contributed by atoms with van der Waals surface area (Å²) in [6.07, 6.45) is 2.39. The summed E-state index contributed by atoms with van der Waals surface area (Å²) in [5.41, 5.74) is 3.52. The molecule has 7 nitrogen and oxygen atoms in total. The van der Waals surface area contributed by atoms with Crippen LogP contribution >= 0.6 is 0 Å². The van der Waals surface area contributed by atoms with Crippen LogP contribution in [0.5, 0.6) is 0 Å². The van der Waals surface area contributed by atoms with Gasteiger partial charge in [0.05, 0.1) is 10.5 Å². The first-order valence-corrected chi connectivity index (χ1v) is 14.0. The molecular formula is C30H39N3O4S. The number of piperidine rings is 1. The van der Waals surface area contributed by atoms with E-state index < -0.39 is 11.0 Å². The zero-order valence-corrected chi connectivity index (χ0v) is 24.0. The van der Waals surface area contributed by atoms with Crippen LogP contribution in [-0.2, 0) is 20.5 Å². The number of hydrogen-bond donors (Lipinski definition) is 2. The normalized spacial score (nSPS) is 14.9. The van der Waals surface area contributed by atoms with Crippen molar-refractivity contribution in [2.24, 2.45) is 0 Å². The molecule has 1 aliphatic rings. The number of anilines is 1. The minimum atomic E-state index is -1.42. The molecule has 0 radical (unpaired) electrons. The molecule has 38 heavy (non-hydrogen) atoms. The number of likely N-dealkylation sites (tertiary alicyclic amines) is 1. The van der Waals surface area contributed by atoms with E-state index in [1.165, 1.54) is 0 Å². The fourth-order valence-electron chi connectivity index (χ4n) is 4.04. The van der Waals surface area contributed by atoms with E-state index in [-0.39, 0.29) is 17.6 Å². The van der Waals surface area contributed by atoms with Gasteiger partial charge in [0.25, 0.3) is 5.91 Å². The zero-order chi connectivity index (χ0) is 27.9. The van der Waals surface area contributed by atoms with Gasteiger partial charge in [-0.2, -0.15) is 0 Å². The van der Waals surface area contributed by atoms with Crippen molar-refractivity contribution in [1.82, 2.24) is 9.62 Å². The third kappa shape index (κ3) is 7.72. The molecule has 0 aliphatic carbocycles. The van der Waals surface area contributed by atoms with Gasteiger partial charge in [-0.3, -0.25) is 9.59 Å². The quantitative estimate of drug-likeness (QED) is 0.414. The molecule has 4 rings (SSSR count). The van der Waals surface area contributed by atoms with Crippen molar-refractivity contribution < 1.29 is 18.5 Å². The largest absolute Gasteiger partial charge is 0.379 e. The van der Waals surface area contributed by atoms with E-state index in [4.69, 9.17) is 4.74 Å². The number of nitrogens with zero attached hydrogens (tertiary/aromatic N) is 1. The molecule has 1 atom stereocenters. The average molecular weight is 538 g/mol. The first kappa shape index (κ1) is 29.5. The maximum Gasteiger partial charge on any atom is 0.256 e. The highest BCUT2D eigenvalue weighted by Gasteiger charge is 2.22. The standard InChI is InChI=1S/C25H27N3O3S.C5H12O/c1-17-6-5-9-23(18(17)2)26-25(30)22-10-11-24(21-8-4-3-7-20(21)22)32(31)27-19-12-14-28(16-29)15-13-19;1-5(2,3)6-4/h3-11,16,19,27H,12-15H2,1-2H3,(H,26,30);1-4H3. The number of methoxy groups -OCH3 is 1. The number of rotatable bonds is 6. The number of hydrogen-bond acceptors (Lipinski definition) is 4. The van der Waals surface area contributed by atoms with Crippen LogP contribution in [0.2, 0.25) is 0 Å². The van der Waals surface area contributed by atoms with E-state index in [9.17, 15) is 13.8 Å². The summed E-state index contributed by atoms with van der Waals surface area (Å²) in [4.78, 5) is 26.4. The molecule has 1 saturated heterocycles. The molecule has 0 aromatic heterocycles. The lowest BCUT2D eigenvalue weighted by Crippen LogP contribution is -2.42. The van der Waals surface area contributed by atoms with Crippen molar-refractivity contribution in [3.8, 4) is 0 Å². The fourth-order valence-corrected chi connectivity index (χ4v) is 5.28. The van der Waals surface area contributed by atoms with E-state index in [2.05, 4.69) is 10.0 Å². The lowest BCUT2D eigenvalue weighted by molar-refractivity contribution is -0.119. The highest BCUT2D eigenvalue weighted by molar-refractivity contribution is 7.83. The topological polar surface area (TPSA) is 87.7 Å². The van der Waals surface area contributed by atoms with E-state index in [1.807, 2.05) is 77.1 Å². The summed E-state index contributed by atoms with van der Waals surface area (Å²) in [6.45, 7) is 11.4. The maximum absolute atomic E-state index is 13.1. The molecule has 1 fully saturated rings. The van der Waals surface area contributed by atoms with Crippen LogP contribution in [0.4, 0.5) is 5.69 Å². The van der Waals surface area contributed by atoms with Crippen LogP contribution in [0.3, 0.4) is 0 Å². The first-order valence-electron chi connectivity index (χ1n) is 12.9. The van der Waals surface area contributed by atoms with E-state index in [0.717, 1.165) is 46.8 Å². The Labute approximate surface area is 228 Å². The number of fused-ring (bicyclic) bond motifs is 1. The van der Waals surface area contributed by atoms with E-state index in [1.54, 1.807) is 24.1 Å². The summed E-state index contributed by atoms with van der Waals surface area (Å²) in [5, 5.41) is 4.57. The summed E-state index contributed by atoms with van der Waals surface area (Å²) >= 11 is 0.